The van der Waals surface area contributed by atoms with Crippen LogP contribution < -0.4 is 24.3 Å². The smallest absolute Gasteiger partial charge is 0.497 e. The van der Waals surface area contributed by atoms with Crippen LogP contribution in [0.2, 0.25) is 5.02 Å². The number of rotatable bonds is 6. The minimum absolute atomic E-state index is 0.0809. The van der Waals surface area contributed by atoms with Crippen molar-refractivity contribution in [2.75, 3.05) is 19.5 Å². The number of anilines is 1. The lowest BCUT2D eigenvalue weighted by Crippen LogP contribution is -2.26. The molecule has 34 heavy (non-hydrogen) atoms. The molecule has 1 aromatic heterocycles. The summed E-state index contributed by atoms with van der Waals surface area (Å²) in [5, 5.41) is 12.7. The Morgan fingerprint density at radius 2 is 1.88 bits per heavy atom. The van der Waals surface area contributed by atoms with Gasteiger partial charge in [-0.3, -0.25) is 0 Å². The number of alkyl halides is 2. The van der Waals surface area contributed by atoms with Crippen LogP contribution >= 0.6 is 11.6 Å². The second-order valence-electron chi connectivity index (χ2n) is 7.47. The molecular formula is C24H18ClF2N3O4. The van der Waals surface area contributed by atoms with Crippen LogP contribution in [0.25, 0.3) is 22.0 Å². The summed E-state index contributed by atoms with van der Waals surface area (Å²) >= 11 is 6.12. The van der Waals surface area contributed by atoms with Crippen LogP contribution in [-0.2, 0) is 6.54 Å². The number of fused-ring (bicyclic) bond motifs is 2. The van der Waals surface area contributed by atoms with Gasteiger partial charge in [0.05, 0.1) is 31.6 Å². The fourth-order valence-corrected chi connectivity index (χ4v) is 4.00. The zero-order valence-corrected chi connectivity index (χ0v) is 18.8. The van der Waals surface area contributed by atoms with Crippen molar-refractivity contribution in [3.05, 3.63) is 65.3 Å². The Bertz CT molecular complexity index is 1400. The Kier molecular flexibility index (Phi) is 5.49. The third kappa shape index (κ3) is 4.10. The van der Waals surface area contributed by atoms with Crippen molar-refractivity contribution in [2.24, 2.45) is 0 Å². The van der Waals surface area contributed by atoms with E-state index >= 15 is 0 Å². The number of hydrogen-bond donors (Lipinski definition) is 1. The molecule has 5 rings (SSSR count). The van der Waals surface area contributed by atoms with E-state index in [1.807, 2.05) is 24.3 Å². The molecule has 0 bridgehead atoms. The van der Waals surface area contributed by atoms with E-state index in [1.54, 1.807) is 32.5 Å². The van der Waals surface area contributed by atoms with Crippen molar-refractivity contribution in [2.45, 2.75) is 12.8 Å². The maximum absolute atomic E-state index is 13.7. The number of halogens is 3. The fourth-order valence-electron chi connectivity index (χ4n) is 3.79. The van der Waals surface area contributed by atoms with Gasteiger partial charge in [0.2, 0.25) is 0 Å². The van der Waals surface area contributed by atoms with Crippen molar-refractivity contribution >= 4 is 28.2 Å². The monoisotopic (exact) mass is 485 g/mol. The van der Waals surface area contributed by atoms with Crippen LogP contribution in [-0.4, -0.2) is 30.7 Å². The molecule has 1 aliphatic heterocycles. The molecule has 3 aromatic carbocycles. The molecule has 7 nitrogen and oxygen atoms in total. The molecule has 0 amide bonds. The van der Waals surface area contributed by atoms with E-state index in [2.05, 4.69) is 20.3 Å². The molecule has 0 radical (unpaired) electrons. The van der Waals surface area contributed by atoms with Gasteiger partial charge in [-0.05, 0) is 35.9 Å². The third-order valence-corrected chi connectivity index (χ3v) is 5.60. The summed E-state index contributed by atoms with van der Waals surface area (Å²) in [4.78, 5) is 0. The van der Waals surface area contributed by atoms with Gasteiger partial charge in [0.1, 0.15) is 11.5 Å². The van der Waals surface area contributed by atoms with E-state index in [0.29, 0.717) is 34.7 Å². The van der Waals surface area contributed by atoms with Crippen molar-refractivity contribution < 1.29 is 27.7 Å². The molecule has 174 valence electrons. The second-order valence-corrected chi connectivity index (χ2v) is 7.91. The number of nitrogens with one attached hydrogen (secondary N) is 1. The summed E-state index contributed by atoms with van der Waals surface area (Å²) in [6.45, 7) is 0.470. The van der Waals surface area contributed by atoms with E-state index in [9.17, 15) is 8.78 Å². The second kappa shape index (κ2) is 8.49. The van der Waals surface area contributed by atoms with Crippen LogP contribution in [0.3, 0.4) is 0 Å². The van der Waals surface area contributed by atoms with Gasteiger partial charge in [0, 0.05) is 40.2 Å². The molecule has 10 heteroatoms. The standard InChI is InChI=1S/C24H18ClF2N3O4/c1-31-16-5-3-14(21(10-16)32-2)11-28-20-12-29-30-19-7-13(4-6-17(19)20)18-8-15(25)9-22-23(18)34-24(26,27)33-22/h3-10,12H,11H2,1-2H3,(H,28,30). The number of hydrogen-bond acceptors (Lipinski definition) is 7. The van der Waals surface area contributed by atoms with E-state index in [-0.39, 0.29) is 16.5 Å². The molecule has 4 aromatic rings. The summed E-state index contributed by atoms with van der Waals surface area (Å²) in [7, 11) is 3.19. The average molecular weight is 486 g/mol. The maximum Gasteiger partial charge on any atom is 0.586 e. The molecule has 0 unspecified atom stereocenters. The fraction of sp³-hybridized carbons (Fsp3) is 0.167. The lowest BCUT2D eigenvalue weighted by atomic mass is 10.0. The first-order valence-corrected chi connectivity index (χ1v) is 10.5. The molecule has 0 saturated carbocycles. The van der Waals surface area contributed by atoms with Gasteiger partial charge in [-0.25, -0.2) is 0 Å². The van der Waals surface area contributed by atoms with Gasteiger partial charge in [0.15, 0.2) is 11.5 Å². The first kappa shape index (κ1) is 22.0. The highest BCUT2D eigenvalue weighted by Crippen LogP contribution is 2.49. The highest BCUT2D eigenvalue weighted by Gasteiger charge is 2.45. The number of nitrogens with zero attached hydrogens (tertiary/aromatic N) is 2. The molecule has 0 fully saturated rings. The summed E-state index contributed by atoms with van der Waals surface area (Å²) in [5.74, 6) is 1.18. The molecule has 0 spiro atoms. The van der Waals surface area contributed by atoms with E-state index in [1.165, 1.54) is 12.1 Å². The Labute approximate surface area is 198 Å². The van der Waals surface area contributed by atoms with E-state index in [4.69, 9.17) is 25.8 Å². The zero-order chi connectivity index (χ0) is 23.9. The zero-order valence-electron chi connectivity index (χ0n) is 18.1. The number of aromatic nitrogens is 2. The maximum atomic E-state index is 13.7. The molecule has 1 N–H and O–H groups in total. The highest BCUT2D eigenvalue weighted by atomic mass is 35.5. The summed E-state index contributed by atoms with van der Waals surface area (Å²) in [5.41, 5.74) is 3.18. The molecule has 0 saturated heterocycles. The van der Waals surface area contributed by atoms with E-state index < -0.39 is 6.29 Å². The van der Waals surface area contributed by atoms with Gasteiger partial charge >= 0.3 is 6.29 Å². The van der Waals surface area contributed by atoms with E-state index in [0.717, 1.165) is 16.6 Å². The van der Waals surface area contributed by atoms with Crippen molar-refractivity contribution in [1.29, 1.82) is 0 Å². The van der Waals surface area contributed by atoms with Gasteiger partial charge in [-0.2, -0.15) is 10.2 Å². The summed E-state index contributed by atoms with van der Waals surface area (Å²) < 4.78 is 47.3. The first-order chi connectivity index (χ1) is 16.4. The summed E-state index contributed by atoms with van der Waals surface area (Å²) in [6.07, 6.45) is -2.13. The number of methoxy groups -OCH3 is 2. The quantitative estimate of drug-likeness (QED) is 0.364. The minimum atomic E-state index is -3.75. The van der Waals surface area contributed by atoms with Crippen LogP contribution in [0, 0.1) is 0 Å². The third-order valence-electron chi connectivity index (χ3n) is 5.38. The van der Waals surface area contributed by atoms with Crippen LogP contribution in [0.15, 0.2) is 54.7 Å². The molecule has 1 aliphatic rings. The molecule has 0 aliphatic carbocycles. The normalized spacial score (nSPS) is 13.7. The Morgan fingerprint density at radius 3 is 2.68 bits per heavy atom. The number of ether oxygens (including phenoxy) is 4. The first-order valence-electron chi connectivity index (χ1n) is 10.2. The lowest BCUT2D eigenvalue weighted by Gasteiger charge is -2.13. The predicted molar refractivity (Wildman–Crippen MR) is 123 cm³/mol. The van der Waals surface area contributed by atoms with Crippen LogP contribution in [0.5, 0.6) is 23.0 Å². The average Bonchev–Trinajstić information content (AvgIpc) is 3.15. The van der Waals surface area contributed by atoms with Crippen molar-refractivity contribution in [3.63, 3.8) is 0 Å². The lowest BCUT2D eigenvalue weighted by molar-refractivity contribution is -0.286. The van der Waals surface area contributed by atoms with Gasteiger partial charge in [-0.15, -0.1) is 8.78 Å². The SMILES string of the molecule is COc1ccc(CNc2cnnc3cc(-c4cc(Cl)cc5c4OC(F)(F)O5)ccc23)c(OC)c1. The predicted octanol–water partition coefficient (Wildman–Crippen LogP) is 5.90. The topological polar surface area (TPSA) is 74.7 Å². The highest BCUT2D eigenvalue weighted by molar-refractivity contribution is 6.31. The Hall–Kier alpha value is -3.85. The largest absolute Gasteiger partial charge is 0.586 e. The van der Waals surface area contributed by atoms with Crippen molar-refractivity contribution in [3.8, 4) is 34.1 Å². The van der Waals surface area contributed by atoms with Gasteiger partial charge in [0.25, 0.3) is 0 Å². The van der Waals surface area contributed by atoms with Gasteiger partial charge in [-0.1, -0.05) is 17.7 Å². The summed E-state index contributed by atoms with van der Waals surface area (Å²) in [6, 6.07) is 13.7. The Balaban J connectivity index is 1.47. The molecule has 2 heterocycles. The van der Waals surface area contributed by atoms with Gasteiger partial charge < -0.3 is 24.3 Å². The minimum Gasteiger partial charge on any atom is -0.497 e. The Morgan fingerprint density at radius 1 is 1.03 bits per heavy atom. The van der Waals surface area contributed by atoms with Crippen LogP contribution in [0.1, 0.15) is 5.56 Å². The number of benzene rings is 3. The molecular weight excluding hydrogens is 468 g/mol. The van der Waals surface area contributed by atoms with Crippen molar-refractivity contribution in [1.82, 2.24) is 10.2 Å². The van der Waals surface area contributed by atoms with Crippen LogP contribution in [0.4, 0.5) is 14.5 Å². The molecule has 0 atom stereocenters.